The molecule has 0 amide bonds. The molecule has 1 saturated carbocycles. The molecule has 1 N–H and O–H groups in total. The Bertz CT molecular complexity index is 546. The van der Waals surface area contributed by atoms with Crippen LogP contribution in [0.25, 0.3) is 0 Å². The Hall–Kier alpha value is -1.23. The van der Waals surface area contributed by atoms with Gasteiger partial charge in [-0.05, 0) is 25.0 Å². The second kappa shape index (κ2) is 2.91. The van der Waals surface area contributed by atoms with Crippen LogP contribution in [0.2, 0.25) is 0 Å². The average molecular weight is 239 g/mol. The van der Waals surface area contributed by atoms with Crippen molar-refractivity contribution in [3.05, 3.63) is 18.2 Å². The van der Waals surface area contributed by atoms with Gasteiger partial charge in [-0.1, -0.05) is 0 Å². The van der Waals surface area contributed by atoms with E-state index in [2.05, 4.69) is 5.32 Å². The lowest BCUT2D eigenvalue weighted by molar-refractivity contribution is 0.414. The minimum Gasteiger partial charge on any atom is -0.497 e. The van der Waals surface area contributed by atoms with Gasteiger partial charge in [0.15, 0.2) is 9.84 Å². The van der Waals surface area contributed by atoms with Crippen LogP contribution in [0.3, 0.4) is 0 Å². The number of hydrogen-bond acceptors (Lipinski definition) is 4. The van der Waals surface area contributed by atoms with E-state index in [1.54, 1.807) is 25.3 Å². The predicted octanol–water partition coefficient (Wildman–Crippen LogP) is 1.43. The molecule has 86 valence electrons. The van der Waals surface area contributed by atoms with Gasteiger partial charge in [0.2, 0.25) is 0 Å². The lowest BCUT2D eigenvalue weighted by Crippen LogP contribution is -2.36. The van der Waals surface area contributed by atoms with Crippen LogP contribution in [-0.4, -0.2) is 26.8 Å². The highest BCUT2D eigenvalue weighted by Gasteiger charge is 2.57. The zero-order valence-corrected chi connectivity index (χ0v) is 9.80. The summed E-state index contributed by atoms with van der Waals surface area (Å²) in [4.78, 5) is 0.414. The minimum atomic E-state index is -3.15. The van der Waals surface area contributed by atoms with Crippen molar-refractivity contribution < 1.29 is 13.2 Å². The molecule has 1 aliphatic carbocycles. The average Bonchev–Trinajstić information content (AvgIpc) is 3.05. The van der Waals surface area contributed by atoms with E-state index in [0.29, 0.717) is 22.9 Å². The Morgan fingerprint density at radius 2 is 2.12 bits per heavy atom. The van der Waals surface area contributed by atoms with Crippen molar-refractivity contribution in [1.29, 1.82) is 0 Å². The van der Waals surface area contributed by atoms with E-state index in [1.807, 2.05) is 0 Å². The summed E-state index contributed by atoms with van der Waals surface area (Å²) in [7, 11) is -1.58. The maximum atomic E-state index is 12.3. The van der Waals surface area contributed by atoms with E-state index in [9.17, 15) is 8.42 Å². The molecular formula is C11H13NO3S. The standard InChI is InChI=1S/C11H13NO3S/c1-15-8-2-3-10-9(6-8)12-7-11(4-5-11)16(10,13)14/h2-3,6,12H,4-5,7H2,1H3. The normalized spacial score (nSPS) is 23.3. The van der Waals surface area contributed by atoms with Gasteiger partial charge in [0, 0.05) is 12.6 Å². The summed E-state index contributed by atoms with van der Waals surface area (Å²) in [6, 6.07) is 5.07. The van der Waals surface area contributed by atoms with Crippen LogP contribution in [0.1, 0.15) is 12.8 Å². The maximum Gasteiger partial charge on any atom is 0.187 e. The van der Waals surface area contributed by atoms with Gasteiger partial charge < -0.3 is 10.1 Å². The number of rotatable bonds is 1. The molecule has 1 aromatic carbocycles. The summed E-state index contributed by atoms with van der Waals surface area (Å²) in [5.41, 5.74) is 0.664. The molecule has 1 aliphatic heterocycles. The molecule has 0 bridgehead atoms. The van der Waals surface area contributed by atoms with Crippen molar-refractivity contribution in [3.8, 4) is 5.75 Å². The third-order valence-electron chi connectivity index (χ3n) is 3.45. The van der Waals surface area contributed by atoms with E-state index in [4.69, 9.17) is 4.74 Å². The zero-order valence-electron chi connectivity index (χ0n) is 8.99. The fraction of sp³-hybridized carbons (Fsp3) is 0.455. The van der Waals surface area contributed by atoms with Crippen LogP contribution in [0, 0.1) is 0 Å². The second-order valence-electron chi connectivity index (χ2n) is 4.40. The Morgan fingerprint density at radius 3 is 2.75 bits per heavy atom. The van der Waals surface area contributed by atoms with Gasteiger partial charge in [-0.2, -0.15) is 0 Å². The molecule has 1 spiro atoms. The Morgan fingerprint density at radius 1 is 1.38 bits per heavy atom. The number of benzene rings is 1. The zero-order chi connectivity index (χ0) is 11.4. The lowest BCUT2D eigenvalue weighted by atomic mass is 10.2. The van der Waals surface area contributed by atoms with Crippen LogP contribution < -0.4 is 10.1 Å². The largest absolute Gasteiger partial charge is 0.497 e. The first kappa shape index (κ1) is 9.96. The molecule has 1 aromatic rings. The van der Waals surface area contributed by atoms with E-state index < -0.39 is 14.6 Å². The first-order valence-corrected chi connectivity index (χ1v) is 6.74. The van der Waals surface area contributed by atoms with Crippen LogP contribution in [0.15, 0.2) is 23.1 Å². The van der Waals surface area contributed by atoms with Crippen molar-refractivity contribution in [1.82, 2.24) is 0 Å². The summed E-state index contributed by atoms with van der Waals surface area (Å²) in [5, 5.41) is 3.19. The molecule has 3 rings (SSSR count). The summed E-state index contributed by atoms with van der Waals surface area (Å²) in [6.45, 7) is 0.523. The predicted molar refractivity (Wildman–Crippen MR) is 60.6 cm³/mol. The van der Waals surface area contributed by atoms with Crippen LogP contribution in [-0.2, 0) is 9.84 Å². The van der Waals surface area contributed by atoms with Gasteiger partial charge in [0.25, 0.3) is 0 Å². The number of methoxy groups -OCH3 is 1. The second-order valence-corrected chi connectivity index (χ2v) is 6.71. The molecule has 1 heterocycles. The molecule has 0 aromatic heterocycles. The molecule has 0 radical (unpaired) electrons. The molecule has 1 fully saturated rings. The number of ether oxygens (including phenoxy) is 1. The van der Waals surface area contributed by atoms with E-state index >= 15 is 0 Å². The molecule has 16 heavy (non-hydrogen) atoms. The monoisotopic (exact) mass is 239 g/mol. The van der Waals surface area contributed by atoms with Gasteiger partial charge in [0.1, 0.15) is 5.75 Å². The minimum absolute atomic E-state index is 0.414. The fourth-order valence-electron chi connectivity index (χ4n) is 2.18. The van der Waals surface area contributed by atoms with Crippen LogP contribution in [0.5, 0.6) is 5.75 Å². The van der Waals surface area contributed by atoms with E-state index in [-0.39, 0.29) is 0 Å². The third kappa shape index (κ3) is 1.12. The lowest BCUT2D eigenvalue weighted by Gasteiger charge is -2.26. The van der Waals surface area contributed by atoms with Gasteiger partial charge in [-0.3, -0.25) is 0 Å². The van der Waals surface area contributed by atoms with Crippen LogP contribution >= 0.6 is 0 Å². The van der Waals surface area contributed by atoms with E-state index in [1.165, 1.54) is 0 Å². The van der Waals surface area contributed by atoms with E-state index in [0.717, 1.165) is 12.8 Å². The third-order valence-corrected chi connectivity index (χ3v) is 6.08. The number of sulfone groups is 1. The molecule has 5 heteroatoms. The number of hydrogen-bond donors (Lipinski definition) is 1. The Kier molecular flexibility index (Phi) is 1.81. The molecule has 2 aliphatic rings. The summed E-state index contributed by atoms with van der Waals surface area (Å²) >= 11 is 0. The summed E-state index contributed by atoms with van der Waals surface area (Å²) in [5.74, 6) is 0.674. The molecule has 4 nitrogen and oxygen atoms in total. The number of nitrogens with one attached hydrogen (secondary N) is 1. The molecule has 0 atom stereocenters. The van der Waals surface area contributed by atoms with Gasteiger partial charge >= 0.3 is 0 Å². The highest BCUT2D eigenvalue weighted by atomic mass is 32.2. The summed E-state index contributed by atoms with van der Waals surface area (Å²) < 4.78 is 29.2. The number of fused-ring (bicyclic) bond motifs is 1. The van der Waals surface area contributed by atoms with Crippen molar-refractivity contribution in [3.63, 3.8) is 0 Å². The molecule has 0 unspecified atom stereocenters. The van der Waals surface area contributed by atoms with Crippen LogP contribution in [0.4, 0.5) is 5.69 Å². The highest BCUT2D eigenvalue weighted by molar-refractivity contribution is 7.93. The maximum absolute atomic E-state index is 12.3. The van der Waals surface area contributed by atoms with Crippen molar-refractivity contribution in [2.75, 3.05) is 19.0 Å². The fourth-order valence-corrected chi connectivity index (χ4v) is 4.21. The van der Waals surface area contributed by atoms with Gasteiger partial charge in [0.05, 0.1) is 22.4 Å². The Labute approximate surface area is 94.5 Å². The topological polar surface area (TPSA) is 55.4 Å². The quantitative estimate of drug-likeness (QED) is 0.805. The summed E-state index contributed by atoms with van der Waals surface area (Å²) in [6.07, 6.45) is 1.54. The van der Waals surface area contributed by atoms with Crippen molar-refractivity contribution >= 4 is 15.5 Å². The number of anilines is 1. The van der Waals surface area contributed by atoms with Gasteiger partial charge in [-0.25, -0.2) is 8.42 Å². The first-order chi connectivity index (χ1) is 7.59. The SMILES string of the molecule is COc1ccc2c(c1)NCC1(CC1)S2(=O)=O. The van der Waals surface area contributed by atoms with Crippen molar-refractivity contribution in [2.45, 2.75) is 22.5 Å². The van der Waals surface area contributed by atoms with Gasteiger partial charge in [-0.15, -0.1) is 0 Å². The van der Waals surface area contributed by atoms with Crippen molar-refractivity contribution in [2.24, 2.45) is 0 Å². The molecular weight excluding hydrogens is 226 g/mol. The molecule has 0 saturated heterocycles. The Balaban J connectivity index is 2.17. The highest BCUT2D eigenvalue weighted by Crippen LogP contribution is 2.51. The first-order valence-electron chi connectivity index (χ1n) is 5.26. The smallest absolute Gasteiger partial charge is 0.187 e.